The Labute approximate surface area is 127 Å². The van der Waals surface area contributed by atoms with Gasteiger partial charge < -0.3 is 10.1 Å². The second-order valence-electron chi connectivity index (χ2n) is 4.68. The van der Waals surface area contributed by atoms with Gasteiger partial charge >= 0.3 is 0 Å². The summed E-state index contributed by atoms with van der Waals surface area (Å²) >= 11 is 5.91. The maximum absolute atomic E-state index is 13.9. The SMILES string of the molecule is CNC(Cc1ccc(OC)c(F)c1)c1cc(Cl)ccc1F. The molecule has 2 aromatic carbocycles. The molecule has 0 radical (unpaired) electrons. The van der Waals surface area contributed by atoms with Crippen molar-refractivity contribution in [2.45, 2.75) is 12.5 Å². The van der Waals surface area contributed by atoms with Crippen molar-refractivity contribution in [3.05, 3.63) is 64.2 Å². The highest BCUT2D eigenvalue weighted by molar-refractivity contribution is 6.30. The topological polar surface area (TPSA) is 21.3 Å². The normalized spacial score (nSPS) is 12.2. The number of likely N-dealkylation sites (N-methyl/N-ethyl adjacent to an activating group) is 1. The summed E-state index contributed by atoms with van der Waals surface area (Å²) in [5.74, 6) is -0.585. The zero-order valence-electron chi connectivity index (χ0n) is 11.8. The van der Waals surface area contributed by atoms with Gasteiger partial charge in [-0.3, -0.25) is 0 Å². The van der Waals surface area contributed by atoms with Crippen LogP contribution in [-0.2, 0) is 6.42 Å². The van der Waals surface area contributed by atoms with E-state index in [9.17, 15) is 8.78 Å². The van der Waals surface area contributed by atoms with Gasteiger partial charge in [0.1, 0.15) is 5.82 Å². The van der Waals surface area contributed by atoms with Crippen molar-refractivity contribution in [1.29, 1.82) is 0 Å². The average Bonchev–Trinajstić information content (AvgIpc) is 2.47. The van der Waals surface area contributed by atoms with Crippen molar-refractivity contribution in [2.75, 3.05) is 14.2 Å². The number of methoxy groups -OCH3 is 1. The van der Waals surface area contributed by atoms with Gasteiger partial charge in [-0.05, 0) is 49.4 Å². The van der Waals surface area contributed by atoms with Crippen molar-refractivity contribution in [3.8, 4) is 5.75 Å². The number of hydrogen-bond acceptors (Lipinski definition) is 2. The molecule has 0 fully saturated rings. The molecule has 0 spiro atoms. The Balaban J connectivity index is 2.26. The summed E-state index contributed by atoms with van der Waals surface area (Å²) in [5, 5.41) is 3.50. The van der Waals surface area contributed by atoms with Crippen LogP contribution in [0.3, 0.4) is 0 Å². The predicted octanol–water partition coefficient (Wildman–Crippen LogP) is 4.13. The Kier molecular flexibility index (Phi) is 5.15. The molecular formula is C16H16ClF2NO. The molecule has 0 aliphatic carbocycles. The fourth-order valence-electron chi connectivity index (χ4n) is 2.22. The summed E-state index contributed by atoms with van der Waals surface area (Å²) in [5.41, 5.74) is 1.20. The first-order chi connectivity index (χ1) is 10.0. The minimum atomic E-state index is -0.434. The van der Waals surface area contributed by atoms with Crippen LogP contribution in [0, 0.1) is 11.6 Å². The highest BCUT2D eigenvalue weighted by Gasteiger charge is 2.16. The molecule has 1 unspecified atom stereocenters. The predicted molar refractivity (Wildman–Crippen MR) is 79.9 cm³/mol. The smallest absolute Gasteiger partial charge is 0.165 e. The van der Waals surface area contributed by atoms with Gasteiger partial charge in [-0.1, -0.05) is 17.7 Å². The first-order valence-electron chi connectivity index (χ1n) is 6.49. The monoisotopic (exact) mass is 311 g/mol. The average molecular weight is 312 g/mol. The number of hydrogen-bond donors (Lipinski definition) is 1. The molecule has 21 heavy (non-hydrogen) atoms. The number of halogens is 3. The Hall–Kier alpha value is -1.65. The maximum atomic E-state index is 13.9. The Morgan fingerprint density at radius 3 is 2.52 bits per heavy atom. The van der Waals surface area contributed by atoms with Crippen LogP contribution >= 0.6 is 11.6 Å². The van der Waals surface area contributed by atoms with Crippen LogP contribution in [0.5, 0.6) is 5.75 Å². The molecule has 5 heteroatoms. The molecule has 0 saturated heterocycles. The molecule has 0 bridgehead atoms. The Morgan fingerprint density at radius 2 is 1.90 bits per heavy atom. The van der Waals surface area contributed by atoms with E-state index in [-0.39, 0.29) is 17.6 Å². The standard InChI is InChI=1S/C16H16ClF2NO/c1-20-15(12-9-11(17)4-5-13(12)18)8-10-3-6-16(21-2)14(19)7-10/h3-7,9,15,20H,8H2,1-2H3. The lowest BCUT2D eigenvalue weighted by Gasteiger charge is -2.18. The van der Waals surface area contributed by atoms with Gasteiger partial charge in [0.25, 0.3) is 0 Å². The summed E-state index contributed by atoms with van der Waals surface area (Å²) in [6.45, 7) is 0. The van der Waals surface area contributed by atoms with Gasteiger partial charge in [-0.2, -0.15) is 0 Å². The van der Waals surface area contributed by atoms with Gasteiger partial charge in [0.2, 0.25) is 0 Å². The minimum absolute atomic E-state index is 0.189. The molecule has 2 aromatic rings. The number of nitrogens with one attached hydrogen (secondary N) is 1. The maximum Gasteiger partial charge on any atom is 0.165 e. The largest absolute Gasteiger partial charge is 0.494 e. The Bertz CT molecular complexity index is 634. The molecule has 0 aliphatic rings. The van der Waals surface area contributed by atoms with E-state index in [2.05, 4.69) is 5.32 Å². The molecule has 2 nitrogen and oxygen atoms in total. The zero-order chi connectivity index (χ0) is 15.4. The van der Waals surface area contributed by atoms with Crippen LogP contribution in [0.2, 0.25) is 5.02 Å². The fraction of sp³-hybridized carbons (Fsp3) is 0.250. The lowest BCUT2D eigenvalue weighted by atomic mass is 9.98. The van der Waals surface area contributed by atoms with Crippen molar-refractivity contribution in [3.63, 3.8) is 0 Å². The van der Waals surface area contributed by atoms with E-state index in [0.29, 0.717) is 17.0 Å². The van der Waals surface area contributed by atoms with Crippen molar-refractivity contribution in [1.82, 2.24) is 5.32 Å². The zero-order valence-corrected chi connectivity index (χ0v) is 12.5. The number of rotatable bonds is 5. The second-order valence-corrected chi connectivity index (χ2v) is 5.12. The van der Waals surface area contributed by atoms with E-state index in [0.717, 1.165) is 5.56 Å². The van der Waals surface area contributed by atoms with Gasteiger partial charge in [0.15, 0.2) is 11.6 Å². The van der Waals surface area contributed by atoms with Crippen LogP contribution in [0.25, 0.3) is 0 Å². The summed E-state index contributed by atoms with van der Waals surface area (Å²) in [6, 6.07) is 8.83. The van der Waals surface area contributed by atoms with Gasteiger partial charge in [0.05, 0.1) is 7.11 Å². The third-order valence-electron chi connectivity index (χ3n) is 3.34. The van der Waals surface area contributed by atoms with Crippen LogP contribution in [-0.4, -0.2) is 14.2 Å². The van der Waals surface area contributed by atoms with E-state index < -0.39 is 5.82 Å². The molecule has 0 heterocycles. The van der Waals surface area contributed by atoms with Crippen LogP contribution < -0.4 is 10.1 Å². The van der Waals surface area contributed by atoms with Crippen molar-refractivity contribution < 1.29 is 13.5 Å². The molecule has 0 aliphatic heterocycles. The van der Waals surface area contributed by atoms with E-state index in [4.69, 9.17) is 16.3 Å². The molecule has 1 atom stereocenters. The molecule has 0 aromatic heterocycles. The van der Waals surface area contributed by atoms with Crippen LogP contribution in [0.1, 0.15) is 17.2 Å². The molecule has 1 N–H and O–H groups in total. The quantitative estimate of drug-likeness (QED) is 0.896. The van der Waals surface area contributed by atoms with Crippen molar-refractivity contribution in [2.24, 2.45) is 0 Å². The molecule has 0 saturated carbocycles. The lowest BCUT2D eigenvalue weighted by Crippen LogP contribution is -2.20. The third kappa shape index (κ3) is 3.71. The summed E-state index contributed by atoms with van der Waals surface area (Å²) in [6.07, 6.45) is 0.439. The van der Waals surface area contributed by atoms with Gasteiger partial charge in [-0.25, -0.2) is 8.78 Å². The molecule has 112 valence electrons. The Morgan fingerprint density at radius 1 is 1.14 bits per heavy atom. The molecule has 2 rings (SSSR count). The summed E-state index contributed by atoms with van der Waals surface area (Å²) in [7, 11) is 3.14. The third-order valence-corrected chi connectivity index (χ3v) is 3.57. The fourth-order valence-corrected chi connectivity index (χ4v) is 2.40. The first kappa shape index (κ1) is 15.7. The van der Waals surface area contributed by atoms with Gasteiger partial charge in [-0.15, -0.1) is 0 Å². The summed E-state index contributed by atoms with van der Waals surface area (Å²) < 4.78 is 32.5. The van der Waals surface area contributed by atoms with E-state index in [1.165, 1.54) is 25.3 Å². The highest BCUT2D eigenvalue weighted by Crippen LogP contribution is 2.26. The summed E-state index contributed by atoms with van der Waals surface area (Å²) in [4.78, 5) is 0. The molecular weight excluding hydrogens is 296 g/mol. The molecule has 0 amide bonds. The first-order valence-corrected chi connectivity index (χ1v) is 6.87. The second kappa shape index (κ2) is 6.87. The van der Waals surface area contributed by atoms with Crippen LogP contribution in [0.15, 0.2) is 36.4 Å². The van der Waals surface area contributed by atoms with Crippen LogP contribution in [0.4, 0.5) is 8.78 Å². The van der Waals surface area contributed by atoms with E-state index in [1.54, 1.807) is 25.2 Å². The van der Waals surface area contributed by atoms with Crippen molar-refractivity contribution >= 4 is 11.6 Å². The van der Waals surface area contributed by atoms with E-state index in [1.807, 2.05) is 0 Å². The highest BCUT2D eigenvalue weighted by atomic mass is 35.5. The number of benzene rings is 2. The number of ether oxygens (including phenoxy) is 1. The minimum Gasteiger partial charge on any atom is -0.494 e. The lowest BCUT2D eigenvalue weighted by molar-refractivity contribution is 0.386. The van der Waals surface area contributed by atoms with Gasteiger partial charge in [0, 0.05) is 16.6 Å². The van der Waals surface area contributed by atoms with E-state index >= 15 is 0 Å².